The van der Waals surface area contributed by atoms with E-state index in [0.29, 0.717) is 11.3 Å². The number of hydrogen-bond donors (Lipinski definition) is 0. The Kier molecular flexibility index (Phi) is 7.81. The zero-order chi connectivity index (χ0) is 33.9. The number of pyridine rings is 2. The van der Waals surface area contributed by atoms with E-state index < -0.39 is 40.5 Å². The smallest absolute Gasteiger partial charge is 0.351 e. The van der Waals surface area contributed by atoms with Crippen molar-refractivity contribution in [2.24, 2.45) is 5.41 Å². The highest BCUT2D eigenvalue weighted by molar-refractivity contribution is 6.10. The molecule has 0 unspecified atom stereocenters. The van der Waals surface area contributed by atoms with Crippen molar-refractivity contribution in [2.45, 2.75) is 0 Å². The lowest BCUT2D eigenvalue weighted by Crippen LogP contribution is -2.46. The molecule has 13 nitrogen and oxygen atoms in total. The minimum Gasteiger partial charge on any atom is -0.490 e. The number of fused-ring (bicyclic) bond motifs is 1. The number of imide groups is 1. The first-order valence-corrected chi connectivity index (χ1v) is 13.3. The van der Waals surface area contributed by atoms with E-state index >= 15 is 0 Å². The van der Waals surface area contributed by atoms with Crippen molar-refractivity contribution in [1.82, 2.24) is 29.0 Å². The van der Waals surface area contributed by atoms with Crippen LogP contribution in [0.4, 0.5) is 14.5 Å². The molecular weight excluding hydrogens is 628 g/mol. The Hall–Kier alpha value is -5.05. The molecule has 48 heavy (non-hydrogen) atoms. The van der Waals surface area contributed by atoms with Gasteiger partial charge in [-0.1, -0.05) is 0 Å². The van der Waals surface area contributed by atoms with Crippen molar-refractivity contribution in [3.63, 3.8) is 0 Å². The zero-order valence-electron chi connectivity index (χ0n) is 24.0. The van der Waals surface area contributed by atoms with Gasteiger partial charge in [0.1, 0.15) is 45.4 Å². The molecular formula is C33H13F2N7O6. The largest absolute Gasteiger partial charge is 0.490 e. The molecule has 0 atom stereocenters. The second kappa shape index (κ2) is 11.9. The van der Waals surface area contributed by atoms with Gasteiger partial charge in [0.2, 0.25) is 0 Å². The molecule has 3 saturated heterocycles. The van der Waals surface area contributed by atoms with E-state index in [1.807, 2.05) is 0 Å². The van der Waals surface area contributed by atoms with Crippen molar-refractivity contribution in [3.8, 4) is 22.6 Å². The lowest BCUT2D eigenvalue weighted by molar-refractivity contribution is -0.129. The molecule has 4 aromatic rings. The van der Waals surface area contributed by atoms with Gasteiger partial charge in [-0.15, -0.1) is 5.10 Å². The average molecular weight is 642 g/mol. The third kappa shape index (κ3) is 5.41. The molecule has 7 rings (SSSR count). The monoisotopic (exact) mass is 641 g/mol. The summed E-state index contributed by atoms with van der Waals surface area (Å²) in [5.74, 6) is -1.65. The van der Waals surface area contributed by atoms with Gasteiger partial charge < -0.3 is 18.9 Å². The Morgan fingerprint density at radius 1 is 0.958 bits per heavy atom. The van der Waals surface area contributed by atoms with Gasteiger partial charge in [0.15, 0.2) is 11.7 Å². The number of aromatic nitrogens is 4. The van der Waals surface area contributed by atoms with Crippen molar-refractivity contribution >= 4 is 23.1 Å². The van der Waals surface area contributed by atoms with Gasteiger partial charge in [-0.25, -0.2) is 4.79 Å². The fourth-order valence-electron chi connectivity index (χ4n) is 4.86. The van der Waals surface area contributed by atoms with E-state index in [-0.39, 0.29) is 34.3 Å². The standard InChI is InChI=1S/C33H13F2N7O6/c1-38-14-20(10-22(29(34)35)31(38)45)19-11-25(47-2)23(26(12-19)48-3)15-39-9-7-33(16-39)17-40(18-33)21-6-8-41-27(13-21)37-42(32(41)46)24-4-5-28(43)36-30(24)44/h6,8,10-14H,1-3H2. The van der Waals surface area contributed by atoms with Crippen molar-refractivity contribution in [2.75, 3.05) is 4.90 Å². The number of carbonyl (C=O) groups excluding carboxylic acids is 2. The molecule has 6 heterocycles. The third-order valence-corrected chi connectivity index (χ3v) is 7.09. The summed E-state index contributed by atoms with van der Waals surface area (Å²) in [4.78, 5) is 51.0. The van der Waals surface area contributed by atoms with Crippen LogP contribution in [-0.4, -0.2) is 35.5 Å². The van der Waals surface area contributed by atoms with Crippen molar-refractivity contribution < 1.29 is 27.8 Å². The number of nitrogens with zero attached hydrogens (tertiary/aromatic N) is 7. The first kappa shape index (κ1) is 31.5. The predicted molar refractivity (Wildman–Crippen MR) is 155 cm³/mol. The number of likely N-dealkylation sites (tertiary alicyclic amines) is 1. The van der Waals surface area contributed by atoms with Crippen LogP contribution in [0, 0.1) is 91.1 Å². The highest BCUT2D eigenvalue weighted by Crippen LogP contribution is 2.52. The normalized spacial score (nSPS) is 18.2. The zero-order valence-corrected chi connectivity index (χ0v) is 24.0. The number of halogens is 2. The molecule has 1 aromatic carbocycles. The molecule has 15 heteroatoms. The summed E-state index contributed by atoms with van der Waals surface area (Å²) in [5, 5.41) is 7.38. The fraction of sp³-hybridized carbons (Fsp3) is 0.0303. The maximum Gasteiger partial charge on any atom is 0.351 e. The molecule has 230 valence electrons. The summed E-state index contributed by atoms with van der Waals surface area (Å²) < 4.78 is 40.1. The van der Waals surface area contributed by atoms with Crippen LogP contribution in [0.3, 0.4) is 0 Å². The molecule has 3 fully saturated rings. The summed E-state index contributed by atoms with van der Waals surface area (Å²) in [6.45, 7) is 15.0. The second-order valence-electron chi connectivity index (χ2n) is 10.0. The van der Waals surface area contributed by atoms with Crippen LogP contribution in [0.25, 0.3) is 16.8 Å². The van der Waals surface area contributed by atoms with Gasteiger partial charge in [0.05, 0.1) is 36.1 Å². The fourth-order valence-corrected chi connectivity index (χ4v) is 4.86. The van der Waals surface area contributed by atoms with Crippen LogP contribution in [-0.2, 0) is 9.59 Å². The minimum absolute atomic E-state index is 0.113. The number of piperidine rings is 1. The molecule has 3 aliphatic rings. The SMILES string of the molecule is [CH2]Oc1cc(-c2cc([C](F)F)c(=O)n([CH2])c2)cc(O[CH2])c1[C]N1[C][C]C2([C]1)[C]N(c1ccn3c(=O)n([C]4[C][C]C(=O)[N]C4=O)nc3c1)[C]2. The van der Waals surface area contributed by atoms with Gasteiger partial charge in [-0.3, -0.25) is 23.7 Å². The maximum absolute atomic E-state index is 13.4. The van der Waals surface area contributed by atoms with E-state index in [0.717, 1.165) is 15.3 Å². The lowest BCUT2D eigenvalue weighted by Gasteiger charge is -2.45. The summed E-state index contributed by atoms with van der Waals surface area (Å²) in [5.41, 5.74) is -2.18. The van der Waals surface area contributed by atoms with Crippen LogP contribution in [0.15, 0.2) is 52.3 Å². The second-order valence-corrected chi connectivity index (χ2v) is 10.0. The van der Waals surface area contributed by atoms with Gasteiger partial charge in [0, 0.05) is 44.0 Å². The van der Waals surface area contributed by atoms with E-state index in [9.17, 15) is 28.0 Å². The van der Waals surface area contributed by atoms with Crippen molar-refractivity contribution in [3.05, 3.63) is 160 Å². The Morgan fingerprint density at radius 3 is 2.35 bits per heavy atom. The number of amides is 2. The van der Waals surface area contributed by atoms with Crippen LogP contribution < -0.4 is 30.9 Å². The van der Waals surface area contributed by atoms with Gasteiger partial charge in [0.25, 0.3) is 17.4 Å². The molecule has 22 radical (unpaired) electrons. The third-order valence-electron chi connectivity index (χ3n) is 7.09. The number of hydrogen-bond acceptors (Lipinski definition) is 9. The van der Waals surface area contributed by atoms with E-state index in [2.05, 4.69) is 83.7 Å². The van der Waals surface area contributed by atoms with Crippen LogP contribution in [0.5, 0.6) is 11.5 Å². The molecule has 3 aromatic heterocycles. The Balaban J connectivity index is 1.05. The number of anilines is 1. The van der Waals surface area contributed by atoms with Gasteiger partial charge >= 0.3 is 12.1 Å². The van der Waals surface area contributed by atoms with E-state index in [1.54, 1.807) is 6.07 Å². The van der Waals surface area contributed by atoms with Gasteiger partial charge in [-0.05, 0) is 35.4 Å². The number of ether oxygens (including phenoxy) is 2. The molecule has 0 bridgehead atoms. The summed E-state index contributed by atoms with van der Waals surface area (Å²) in [7, 11) is 10.4. The quantitative estimate of drug-likeness (QED) is 0.264. The van der Waals surface area contributed by atoms with Crippen LogP contribution >= 0.6 is 0 Å². The highest BCUT2D eigenvalue weighted by atomic mass is 19.3. The summed E-state index contributed by atoms with van der Waals surface area (Å²) >= 11 is 0. The van der Waals surface area contributed by atoms with Crippen molar-refractivity contribution in [1.29, 1.82) is 0 Å². The molecule has 1 spiro atoms. The maximum atomic E-state index is 13.4. The first-order valence-electron chi connectivity index (χ1n) is 13.3. The highest BCUT2D eigenvalue weighted by Gasteiger charge is 2.53. The minimum atomic E-state index is -2.16. The molecule has 0 aliphatic carbocycles. The average Bonchev–Trinajstić information content (AvgIpc) is 3.62. The van der Waals surface area contributed by atoms with E-state index in [1.165, 1.54) is 44.8 Å². The predicted octanol–water partition coefficient (Wildman–Crippen LogP) is 1.74. The lowest BCUT2D eigenvalue weighted by atomic mass is 9.79. The Morgan fingerprint density at radius 2 is 1.69 bits per heavy atom. The molecule has 0 saturated carbocycles. The number of rotatable bonds is 8. The van der Waals surface area contributed by atoms with Crippen LogP contribution in [0.2, 0.25) is 0 Å². The number of benzene rings is 1. The first-order chi connectivity index (χ1) is 23.0. The van der Waals surface area contributed by atoms with Gasteiger partial charge in [-0.2, -0.15) is 18.8 Å². The summed E-state index contributed by atoms with van der Waals surface area (Å²) in [6.07, 6.45) is 7.91. The Labute approximate surface area is 273 Å². The summed E-state index contributed by atoms with van der Waals surface area (Å²) in [6, 6.07) is 6.74. The Bertz CT molecular complexity index is 2040. The van der Waals surface area contributed by atoms with Crippen LogP contribution in [0.1, 0.15) is 11.1 Å². The number of carbonyl (C=O) groups is 2. The molecule has 3 aliphatic heterocycles. The van der Waals surface area contributed by atoms with E-state index in [4.69, 9.17) is 9.47 Å². The molecule has 2 amide bonds. The topological polar surface area (TPSA) is 134 Å². The molecule has 0 N–H and O–H groups in total.